The van der Waals surface area contributed by atoms with Gasteiger partial charge in [-0.25, -0.2) is 4.79 Å². The van der Waals surface area contributed by atoms with Gasteiger partial charge in [0.1, 0.15) is 0 Å². The average molecular weight is 591 g/mol. The van der Waals surface area contributed by atoms with E-state index in [1.807, 2.05) is 0 Å². The molecule has 0 rings (SSSR count). The molecule has 0 spiro atoms. The first kappa shape index (κ1) is 51.8. The third kappa shape index (κ3) is 40.3. The Bertz CT molecular complexity index is 552. The molecule has 0 aromatic heterocycles. The summed E-state index contributed by atoms with van der Waals surface area (Å²) in [4.78, 5) is 40.8. The van der Waals surface area contributed by atoms with Gasteiger partial charge in [-0.3, -0.25) is 14.4 Å². The molecule has 0 aromatic rings. The van der Waals surface area contributed by atoms with E-state index in [-0.39, 0.29) is 126 Å². The Morgan fingerprint density at radius 3 is 1.00 bits per heavy atom. The zero-order valence-corrected chi connectivity index (χ0v) is 20.1. The Morgan fingerprint density at radius 2 is 0.784 bits per heavy atom. The van der Waals surface area contributed by atoms with Crippen LogP contribution in [-0.4, -0.2) is 181 Å². The van der Waals surface area contributed by atoms with Crippen molar-refractivity contribution >= 4 is 150 Å². The summed E-state index contributed by atoms with van der Waals surface area (Å²) in [7, 11) is 0. The number of unbranched alkanes of at least 4 members (excludes halogenated alkanes) is 14. The first-order valence-corrected chi connectivity index (χ1v) is 12.2. The molecule has 204 valence electrons. The maximum absolute atomic E-state index is 10.3. The van der Waals surface area contributed by atoms with Gasteiger partial charge in [-0.05, 0) is 6.42 Å². The summed E-state index contributed by atoms with van der Waals surface area (Å²) >= 11 is 0. The molecular weight excluding hydrogens is 541 g/mol. The van der Waals surface area contributed by atoms with Crippen molar-refractivity contribution in [2.45, 2.75) is 128 Å². The van der Waals surface area contributed by atoms with E-state index in [0.29, 0.717) is 6.42 Å². The second-order valence-electron chi connectivity index (χ2n) is 8.57. The van der Waals surface area contributed by atoms with Gasteiger partial charge in [0.25, 0.3) is 0 Å². The third-order valence-corrected chi connectivity index (χ3v) is 5.28. The summed E-state index contributed by atoms with van der Waals surface area (Å²) in [5.41, 5.74) is -2.74. The van der Waals surface area contributed by atoms with Crippen LogP contribution in [0.25, 0.3) is 0 Å². The van der Waals surface area contributed by atoms with Crippen molar-refractivity contribution in [1.29, 1.82) is 0 Å². The topological polar surface area (TPSA) is 169 Å². The van der Waals surface area contributed by atoms with E-state index < -0.39 is 42.3 Å². The molecule has 0 radical (unpaired) electrons. The fraction of sp³-hybridized carbons (Fsp3) is 0.833. The van der Waals surface area contributed by atoms with Crippen LogP contribution >= 0.6 is 0 Å². The van der Waals surface area contributed by atoms with Gasteiger partial charge in [0, 0.05) is 6.42 Å². The molecule has 0 aliphatic rings. The quantitative estimate of drug-likeness (QED) is 0.0994. The predicted octanol–water partition coefficient (Wildman–Crippen LogP) is 2.22. The summed E-state index contributed by atoms with van der Waals surface area (Å²) in [5, 5.41) is 42.3. The molecule has 0 unspecified atom stereocenters. The van der Waals surface area contributed by atoms with Gasteiger partial charge in [-0.2, -0.15) is 0 Å². The Hall–Kier alpha value is 2.10. The molecule has 13 heteroatoms. The number of rotatable bonds is 21. The zero-order chi connectivity index (χ0) is 25.5. The average Bonchev–Trinajstić information content (AvgIpc) is 2.70. The van der Waals surface area contributed by atoms with E-state index in [4.69, 9.17) is 25.5 Å². The van der Waals surface area contributed by atoms with Gasteiger partial charge in [-0.1, -0.05) is 96.8 Å². The van der Waals surface area contributed by atoms with Crippen molar-refractivity contribution in [2.75, 3.05) is 0 Å². The summed E-state index contributed by atoms with van der Waals surface area (Å²) in [5.74, 6) is -5.67. The fourth-order valence-corrected chi connectivity index (χ4v) is 3.36. The van der Waals surface area contributed by atoms with Crippen LogP contribution < -0.4 is 0 Å². The molecule has 0 aromatic carbocycles. The van der Waals surface area contributed by atoms with Crippen LogP contribution in [0.4, 0.5) is 0 Å². The Balaban J connectivity index is -0.000000125. The molecule has 0 fully saturated rings. The fourth-order valence-electron chi connectivity index (χ4n) is 3.36. The van der Waals surface area contributed by atoms with E-state index in [1.165, 1.54) is 83.5 Å². The number of hydrogen-bond acceptors (Lipinski definition) is 5. The normalized spacial score (nSPS) is 9.68. The summed E-state index contributed by atoms with van der Waals surface area (Å²) < 4.78 is 0. The molecule has 0 aliphatic heterocycles. The van der Waals surface area contributed by atoms with Gasteiger partial charge >= 0.3 is 150 Å². The maximum atomic E-state index is 10.3. The molecule has 0 atom stereocenters. The monoisotopic (exact) mass is 590 g/mol. The Kier molecular flexibility index (Phi) is 50.6. The molecule has 5 N–H and O–H groups in total. The summed E-state index contributed by atoms with van der Waals surface area (Å²) in [6.45, 7) is 2.27. The van der Waals surface area contributed by atoms with Crippen molar-refractivity contribution in [3.63, 3.8) is 0 Å². The molecule has 0 saturated carbocycles. The zero-order valence-electron chi connectivity index (χ0n) is 20.1. The van der Waals surface area contributed by atoms with Crippen molar-refractivity contribution in [3.8, 4) is 0 Å². The third-order valence-electron chi connectivity index (χ3n) is 5.28. The van der Waals surface area contributed by atoms with E-state index in [2.05, 4.69) is 6.92 Å². The number of aliphatic carboxylic acids is 4. The van der Waals surface area contributed by atoms with Crippen LogP contribution in [0.1, 0.15) is 122 Å². The van der Waals surface area contributed by atoms with Gasteiger partial charge in [0.05, 0.1) is 12.8 Å². The van der Waals surface area contributed by atoms with E-state index in [9.17, 15) is 19.2 Å². The second kappa shape index (κ2) is 36.1. The van der Waals surface area contributed by atoms with E-state index >= 15 is 0 Å². The SMILES string of the molecule is CCCCCCCCCCCCCCCCCC(=O)O.O=C(O)CC(O)(CC(=O)O)C(=O)O.[CaH2].[NaH].[NaH].[NaH]. The number of carboxylic acid groups (broad SMARTS) is 4. The second-order valence-corrected chi connectivity index (χ2v) is 8.57. The molecule has 9 nitrogen and oxygen atoms in total. The summed E-state index contributed by atoms with van der Waals surface area (Å²) in [6, 6.07) is 0. The first-order chi connectivity index (χ1) is 15.5. The van der Waals surface area contributed by atoms with Crippen molar-refractivity contribution < 1.29 is 44.7 Å². The van der Waals surface area contributed by atoms with Crippen molar-refractivity contribution in [2.24, 2.45) is 0 Å². The van der Waals surface area contributed by atoms with Gasteiger partial charge < -0.3 is 25.5 Å². The molecule has 0 aliphatic carbocycles. The number of aliphatic hydroxyl groups is 1. The van der Waals surface area contributed by atoms with Gasteiger partial charge in [0.2, 0.25) is 0 Å². The molecule has 0 heterocycles. The first-order valence-electron chi connectivity index (χ1n) is 12.2. The predicted molar refractivity (Wildman–Crippen MR) is 154 cm³/mol. The molecule has 0 bridgehead atoms. The number of carbonyl (C=O) groups is 4. The van der Waals surface area contributed by atoms with Crippen LogP contribution in [0.2, 0.25) is 0 Å². The Morgan fingerprint density at radius 1 is 0.514 bits per heavy atom. The molecule has 0 amide bonds. The van der Waals surface area contributed by atoms with E-state index in [0.717, 1.165) is 12.8 Å². The minimum atomic E-state index is -2.74. The number of hydrogen-bond donors (Lipinski definition) is 5. The molecule has 37 heavy (non-hydrogen) atoms. The van der Waals surface area contributed by atoms with Gasteiger partial charge in [-0.15, -0.1) is 0 Å². The Labute approximate surface area is 318 Å². The van der Waals surface area contributed by atoms with E-state index in [1.54, 1.807) is 0 Å². The van der Waals surface area contributed by atoms with Crippen LogP contribution in [0, 0.1) is 0 Å². The molecule has 0 saturated heterocycles. The van der Waals surface area contributed by atoms with Crippen LogP contribution in [0.15, 0.2) is 0 Å². The number of carboxylic acids is 4. The van der Waals surface area contributed by atoms with Crippen LogP contribution in [-0.2, 0) is 19.2 Å². The van der Waals surface area contributed by atoms with Crippen molar-refractivity contribution in [3.05, 3.63) is 0 Å². The summed E-state index contributed by atoms with van der Waals surface area (Å²) in [6.07, 6.45) is 17.9. The standard InChI is InChI=1S/C18H36O2.C6H8O7.Ca.3Na.5H/c1-2-3-4-5-6-7-8-9-10-11-12-13-14-15-16-17-18(19)20;7-3(8)1-6(13,5(11)12)2-4(9)10;;;;;;;;;/h2-17H2,1H3,(H,19,20);13H,1-2H2,(H,7,8)(H,9,10)(H,11,12);;;;;;;;;. The minimum absolute atomic E-state index is 0. The van der Waals surface area contributed by atoms with Crippen LogP contribution in [0.5, 0.6) is 0 Å². The van der Waals surface area contributed by atoms with Crippen LogP contribution in [0.3, 0.4) is 0 Å². The van der Waals surface area contributed by atoms with Crippen molar-refractivity contribution in [1.82, 2.24) is 0 Å². The molecular formula is C24H49CaNa3O9. The van der Waals surface area contributed by atoms with Gasteiger partial charge in [0.15, 0.2) is 5.60 Å².